The van der Waals surface area contributed by atoms with Crippen molar-refractivity contribution in [3.05, 3.63) is 0 Å². The second-order valence-corrected chi connectivity index (χ2v) is 4.61. The first kappa shape index (κ1) is 11.0. The summed E-state index contributed by atoms with van der Waals surface area (Å²) in [6, 6.07) is 0.544. The molecule has 0 aromatic rings. The lowest BCUT2D eigenvalue weighted by molar-refractivity contribution is 0.123. The summed E-state index contributed by atoms with van der Waals surface area (Å²) in [5, 5.41) is 3.59. The molecule has 2 heteroatoms. The van der Waals surface area contributed by atoms with Crippen molar-refractivity contribution in [3.8, 4) is 0 Å². The second-order valence-electron chi connectivity index (χ2n) is 4.61. The van der Waals surface area contributed by atoms with Gasteiger partial charge in [-0.05, 0) is 24.7 Å². The number of rotatable bonds is 6. The van der Waals surface area contributed by atoms with Crippen LogP contribution < -0.4 is 5.32 Å². The fourth-order valence-corrected chi connectivity index (χ4v) is 1.87. The molecule has 13 heavy (non-hydrogen) atoms. The van der Waals surface area contributed by atoms with Gasteiger partial charge in [-0.2, -0.15) is 0 Å². The van der Waals surface area contributed by atoms with E-state index in [4.69, 9.17) is 4.74 Å². The molecule has 1 aliphatic rings. The Morgan fingerprint density at radius 2 is 2.15 bits per heavy atom. The Kier molecular flexibility index (Phi) is 4.20. The number of nitrogens with one attached hydrogen (secondary N) is 1. The van der Waals surface area contributed by atoms with E-state index in [0.29, 0.717) is 11.5 Å². The smallest absolute Gasteiger partial charge is 0.0615 e. The lowest BCUT2D eigenvalue weighted by Crippen LogP contribution is -2.43. The average molecular weight is 185 g/mol. The molecule has 1 aliphatic carbocycles. The largest absolute Gasteiger partial charge is 0.383 e. The standard InChI is InChI=1S/C11H23NO/c1-4-10(8-13-3)12-9-11(2)6-5-7-11/h10,12H,4-9H2,1-3H3. The van der Waals surface area contributed by atoms with E-state index in [1.165, 1.54) is 19.3 Å². The van der Waals surface area contributed by atoms with Crippen LogP contribution in [0.3, 0.4) is 0 Å². The summed E-state index contributed by atoms with van der Waals surface area (Å²) in [4.78, 5) is 0. The highest BCUT2D eigenvalue weighted by Crippen LogP contribution is 2.39. The minimum atomic E-state index is 0.544. The van der Waals surface area contributed by atoms with Crippen molar-refractivity contribution in [2.24, 2.45) is 5.41 Å². The van der Waals surface area contributed by atoms with Crippen LogP contribution in [0, 0.1) is 5.41 Å². The number of ether oxygens (including phenoxy) is 1. The van der Waals surface area contributed by atoms with Gasteiger partial charge >= 0.3 is 0 Å². The minimum absolute atomic E-state index is 0.544. The highest BCUT2D eigenvalue weighted by molar-refractivity contribution is 4.86. The summed E-state index contributed by atoms with van der Waals surface area (Å²) in [6.45, 7) is 6.59. The fraction of sp³-hybridized carbons (Fsp3) is 1.00. The maximum absolute atomic E-state index is 5.15. The second kappa shape index (κ2) is 4.97. The Balaban J connectivity index is 2.15. The topological polar surface area (TPSA) is 21.3 Å². The van der Waals surface area contributed by atoms with E-state index in [0.717, 1.165) is 19.6 Å². The van der Waals surface area contributed by atoms with Gasteiger partial charge in [-0.3, -0.25) is 0 Å². The van der Waals surface area contributed by atoms with Crippen LogP contribution in [0.5, 0.6) is 0 Å². The van der Waals surface area contributed by atoms with Gasteiger partial charge in [-0.1, -0.05) is 20.3 Å². The van der Waals surface area contributed by atoms with Crippen molar-refractivity contribution in [3.63, 3.8) is 0 Å². The molecule has 1 fully saturated rings. The van der Waals surface area contributed by atoms with Gasteiger partial charge in [0.2, 0.25) is 0 Å². The van der Waals surface area contributed by atoms with Gasteiger partial charge in [0.15, 0.2) is 0 Å². The van der Waals surface area contributed by atoms with Gasteiger partial charge in [0.05, 0.1) is 6.61 Å². The third kappa shape index (κ3) is 3.28. The molecule has 1 N–H and O–H groups in total. The van der Waals surface area contributed by atoms with Gasteiger partial charge in [0.1, 0.15) is 0 Å². The molecule has 0 bridgehead atoms. The van der Waals surface area contributed by atoms with Gasteiger partial charge in [-0.25, -0.2) is 0 Å². The van der Waals surface area contributed by atoms with Crippen molar-refractivity contribution < 1.29 is 4.74 Å². The van der Waals surface area contributed by atoms with Crippen LogP contribution in [0.2, 0.25) is 0 Å². The van der Waals surface area contributed by atoms with E-state index < -0.39 is 0 Å². The van der Waals surface area contributed by atoms with Gasteiger partial charge in [-0.15, -0.1) is 0 Å². The molecule has 0 spiro atoms. The molecule has 1 unspecified atom stereocenters. The Hall–Kier alpha value is -0.0800. The minimum Gasteiger partial charge on any atom is -0.383 e. The van der Waals surface area contributed by atoms with Crippen molar-refractivity contribution in [1.82, 2.24) is 5.32 Å². The maximum atomic E-state index is 5.15. The Bertz CT molecular complexity index is 143. The van der Waals surface area contributed by atoms with Crippen LogP contribution >= 0.6 is 0 Å². The summed E-state index contributed by atoms with van der Waals surface area (Å²) in [5.41, 5.74) is 0.584. The van der Waals surface area contributed by atoms with Crippen molar-refractivity contribution in [2.75, 3.05) is 20.3 Å². The molecule has 0 heterocycles. The molecule has 0 amide bonds. The van der Waals surface area contributed by atoms with E-state index in [-0.39, 0.29) is 0 Å². The average Bonchev–Trinajstić information content (AvgIpc) is 2.09. The summed E-state index contributed by atoms with van der Waals surface area (Å²) in [6.07, 6.45) is 5.36. The first-order valence-electron chi connectivity index (χ1n) is 5.42. The molecule has 0 aliphatic heterocycles. The SMILES string of the molecule is CCC(COC)NCC1(C)CCC1. The predicted molar refractivity (Wildman–Crippen MR) is 55.9 cm³/mol. The first-order valence-corrected chi connectivity index (χ1v) is 5.42. The normalized spacial score (nSPS) is 22.4. The van der Waals surface area contributed by atoms with Crippen LogP contribution in [-0.2, 0) is 4.74 Å². The molecule has 1 atom stereocenters. The molecule has 1 rings (SSSR count). The lowest BCUT2D eigenvalue weighted by atomic mass is 9.70. The van der Waals surface area contributed by atoms with E-state index >= 15 is 0 Å². The molecule has 0 radical (unpaired) electrons. The zero-order chi connectivity index (χ0) is 9.73. The van der Waals surface area contributed by atoms with Crippen LogP contribution in [-0.4, -0.2) is 26.3 Å². The van der Waals surface area contributed by atoms with Crippen LogP contribution in [0.1, 0.15) is 39.5 Å². The summed E-state index contributed by atoms with van der Waals surface area (Å²) in [7, 11) is 1.77. The van der Waals surface area contributed by atoms with E-state index in [1.807, 2.05) is 0 Å². The monoisotopic (exact) mass is 185 g/mol. The Morgan fingerprint density at radius 1 is 1.46 bits per heavy atom. The van der Waals surface area contributed by atoms with Crippen molar-refractivity contribution in [2.45, 2.75) is 45.6 Å². The third-order valence-corrected chi connectivity index (χ3v) is 3.24. The molecule has 0 aromatic heterocycles. The molecule has 1 saturated carbocycles. The first-order chi connectivity index (χ1) is 6.20. The van der Waals surface area contributed by atoms with Crippen LogP contribution in [0.4, 0.5) is 0 Å². The van der Waals surface area contributed by atoms with Gasteiger partial charge in [0.25, 0.3) is 0 Å². The van der Waals surface area contributed by atoms with E-state index in [1.54, 1.807) is 7.11 Å². The molecule has 2 nitrogen and oxygen atoms in total. The Morgan fingerprint density at radius 3 is 2.54 bits per heavy atom. The highest BCUT2D eigenvalue weighted by atomic mass is 16.5. The molecular formula is C11H23NO. The summed E-state index contributed by atoms with van der Waals surface area (Å²) < 4.78 is 5.15. The van der Waals surface area contributed by atoms with E-state index in [2.05, 4.69) is 19.2 Å². The molecule has 0 aromatic carbocycles. The number of hydrogen-bond donors (Lipinski definition) is 1. The number of methoxy groups -OCH3 is 1. The molecule has 78 valence electrons. The fourth-order valence-electron chi connectivity index (χ4n) is 1.87. The number of hydrogen-bond acceptors (Lipinski definition) is 2. The predicted octanol–water partition coefficient (Wildman–Crippen LogP) is 2.19. The van der Waals surface area contributed by atoms with Gasteiger partial charge in [0, 0.05) is 19.7 Å². The Labute approximate surface area is 82.0 Å². The van der Waals surface area contributed by atoms with Crippen molar-refractivity contribution in [1.29, 1.82) is 0 Å². The zero-order valence-corrected chi connectivity index (χ0v) is 9.23. The zero-order valence-electron chi connectivity index (χ0n) is 9.23. The van der Waals surface area contributed by atoms with Crippen LogP contribution in [0.25, 0.3) is 0 Å². The third-order valence-electron chi connectivity index (χ3n) is 3.24. The molecular weight excluding hydrogens is 162 g/mol. The highest BCUT2D eigenvalue weighted by Gasteiger charge is 2.31. The van der Waals surface area contributed by atoms with Crippen molar-refractivity contribution >= 4 is 0 Å². The van der Waals surface area contributed by atoms with Crippen LogP contribution in [0.15, 0.2) is 0 Å². The summed E-state index contributed by atoms with van der Waals surface area (Å²) in [5.74, 6) is 0. The lowest BCUT2D eigenvalue weighted by Gasteiger charge is -2.39. The maximum Gasteiger partial charge on any atom is 0.0615 e. The van der Waals surface area contributed by atoms with Gasteiger partial charge < -0.3 is 10.1 Å². The molecule has 0 saturated heterocycles. The quantitative estimate of drug-likeness (QED) is 0.685. The summed E-state index contributed by atoms with van der Waals surface area (Å²) >= 11 is 0. The van der Waals surface area contributed by atoms with E-state index in [9.17, 15) is 0 Å².